The van der Waals surface area contributed by atoms with Gasteiger partial charge in [-0.05, 0) is 12.8 Å². The molecule has 0 saturated heterocycles. The van der Waals surface area contributed by atoms with Crippen molar-refractivity contribution in [2.24, 2.45) is 5.41 Å². The Balaban J connectivity index is 2.23. The first-order chi connectivity index (χ1) is 5.33. The van der Waals surface area contributed by atoms with Crippen LogP contribution in [-0.4, -0.2) is 13.2 Å². The van der Waals surface area contributed by atoms with Gasteiger partial charge in [0.2, 0.25) is 0 Å². The van der Waals surface area contributed by atoms with Crippen molar-refractivity contribution in [3.05, 3.63) is 12.7 Å². The van der Waals surface area contributed by atoms with Gasteiger partial charge in [0.1, 0.15) is 0 Å². The van der Waals surface area contributed by atoms with Crippen molar-refractivity contribution >= 4 is 0 Å². The van der Waals surface area contributed by atoms with E-state index < -0.39 is 0 Å². The summed E-state index contributed by atoms with van der Waals surface area (Å²) >= 11 is 0. The molecule has 0 aromatic heterocycles. The minimum atomic E-state index is -0.150. The first-order valence-electron chi connectivity index (χ1n) is 3.93. The lowest BCUT2D eigenvalue weighted by atomic mass is 9.71. The number of hydrogen-bond donors (Lipinski definition) is 0. The minimum Gasteiger partial charge on any atom is -0.376 e. The van der Waals surface area contributed by atoms with Crippen LogP contribution >= 0.6 is 0 Å². The van der Waals surface area contributed by atoms with Gasteiger partial charge in [-0.2, -0.15) is 5.26 Å². The molecule has 0 radical (unpaired) electrons. The van der Waals surface area contributed by atoms with Crippen LogP contribution in [0.15, 0.2) is 12.7 Å². The molecule has 0 bridgehead atoms. The number of ether oxygens (including phenoxy) is 1. The predicted octanol–water partition coefficient (Wildman–Crippen LogP) is 1.88. The van der Waals surface area contributed by atoms with E-state index in [0.29, 0.717) is 13.2 Å². The van der Waals surface area contributed by atoms with Crippen molar-refractivity contribution in [1.82, 2.24) is 0 Å². The maximum atomic E-state index is 8.78. The van der Waals surface area contributed by atoms with Gasteiger partial charge in [0.15, 0.2) is 0 Å². The molecule has 2 heteroatoms. The van der Waals surface area contributed by atoms with Crippen LogP contribution in [0.4, 0.5) is 0 Å². The molecule has 0 aliphatic heterocycles. The van der Waals surface area contributed by atoms with E-state index in [1.807, 2.05) is 0 Å². The fraction of sp³-hybridized carbons (Fsp3) is 0.667. The second-order valence-electron chi connectivity index (χ2n) is 3.05. The molecule has 1 aliphatic carbocycles. The SMILES string of the molecule is C=CCOCC1(C#N)CCC1. The third-order valence-electron chi connectivity index (χ3n) is 2.16. The molecule has 0 N–H and O–H groups in total. The molecule has 0 unspecified atom stereocenters. The summed E-state index contributed by atoms with van der Waals surface area (Å²) in [4.78, 5) is 0. The minimum absolute atomic E-state index is 0.150. The normalized spacial score (nSPS) is 19.9. The summed E-state index contributed by atoms with van der Waals surface area (Å²) in [7, 11) is 0. The molecule has 0 atom stereocenters. The quantitative estimate of drug-likeness (QED) is 0.454. The molecule has 60 valence electrons. The summed E-state index contributed by atoms with van der Waals surface area (Å²) in [6.45, 7) is 4.68. The van der Waals surface area contributed by atoms with Crippen molar-refractivity contribution in [2.45, 2.75) is 19.3 Å². The average molecular weight is 151 g/mol. The van der Waals surface area contributed by atoms with Crippen LogP contribution in [0.3, 0.4) is 0 Å². The van der Waals surface area contributed by atoms with Crippen molar-refractivity contribution in [3.8, 4) is 6.07 Å². The van der Waals surface area contributed by atoms with E-state index in [0.717, 1.165) is 12.8 Å². The fourth-order valence-corrected chi connectivity index (χ4v) is 1.23. The second-order valence-corrected chi connectivity index (χ2v) is 3.05. The zero-order valence-corrected chi connectivity index (χ0v) is 6.68. The molecular formula is C9H13NO. The van der Waals surface area contributed by atoms with Gasteiger partial charge in [-0.25, -0.2) is 0 Å². The Morgan fingerprint density at radius 2 is 2.36 bits per heavy atom. The van der Waals surface area contributed by atoms with Crippen LogP contribution < -0.4 is 0 Å². The van der Waals surface area contributed by atoms with Gasteiger partial charge in [0.25, 0.3) is 0 Å². The topological polar surface area (TPSA) is 33.0 Å². The third kappa shape index (κ3) is 1.81. The summed E-state index contributed by atoms with van der Waals surface area (Å²) < 4.78 is 5.24. The zero-order chi connectivity index (χ0) is 8.16. The Kier molecular flexibility index (Phi) is 2.67. The van der Waals surface area contributed by atoms with Gasteiger partial charge in [-0.15, -0.1) is 6.58 Å². The van der Waals surface area contributed by atoms with E-state index in [-0.39, 0.29) is 5.41 Å². The largest absolute Gasteiger partial charge is 0.376 e. The number of hydrogen-bond acceptors (Lipinski definition) is 2. The Labute approximate surface area is 67.5 Å². The lowest BCUT2D eigenvalue weighted by Crippen LogP contribution is -2.32. The van der Waals surface area contributed by atoms with Crippen LogP contribution in [0.1, 0.15) is 19.3 Å². The maximum absolute atomic E-state index is 8.78. The Bertz CT molecular complexity index is 176. The van der Waals surface area contributed by atoms with Gasteiger partial charge in [-0.1, -0.05) is 12.5 Å². The lowest BCUT2D eigenvalue weighted by molar-refractivity contribution is 0.0448. The van der Waals surface area contributed by atoms with E-state index in [4.69, 9.17) is 10.00 Å². The van der Waals surface area contributed by atoms with E-state index in [9.17, 15) is 0 Å². The molecule has 0 aromatic rings. The van der Waals surface area contributed by atoms with E-state index >= 15 is 0 Å². The van der Waals surface area contributed by atoms with Crippen molar-refractivity contribution in [3.63, 3.8) is 0 Å². The molecule has 2 nitrogen and oxygen atoms in total. The molecule has 0 amide bonds. The standard InChI is InChI=1S/C9H13NO/c1-2-6-11-8-9(7-10)4-3-5-9/h2H,1,3-6,8H2. The highest BCUT2D eigenvalue weighted by Gasteiger charge is 2.37. The number of nitriles is 1. The monoisotopic (exact) mass is 151 g/mol. The van der Waals surface area contributed by atoms with Gasteiger partial charge < -0.3 is 4.74 Å². The molecule has 1 rings (SSSR count). The maximum Gasteiger partial charge on any atom is 0.0807 e. The first-order valence-corrected chi connectivity index (χ1v) is 3.93. The van der Waals surface area contributed by atoms with Crippen LogP contribution in [-0.2, 0) is 4.74 Å². The second kappa shape index (κ2) is 3.54. The number of nitrogens with zero attached hydrogens (tertiary/aromatic N) is 1. The Hall–Kier alpha value is -0.810. The smallest absolute Gasteiger partial charge is 0.0807 e. The summed E-state index contributed by atoms with van der Waals surface area (Å²) in [5, 5.41) is 8.78. The van der Waals surface area contributed by atoms with Gasteiger partial charge >= 0.3 is 0 Å². The molecule has 11 heavy (non-hydrogen) atoms. The van der Waals surface area contributed by atoms with Gasteiger partial charge in [0, 0.05) is 0 Å². The molecular weight excluding hydrogens is 138 g/mol. The highest BCUT2D eigenvalue weighted by Crippen LogP contribution is 2.40. The molecule has 1 saturated carbocycles. The van der Waals surface area contributed by atoms with E-state index in [1.54, 1.807) is 6.08 Å². The number of rotatable bonds is 4. The molecule has 0 spiro atoms. The first kappa shape index (κ1) is 8.29. The third-order valence-corrected chi connectivity index (χ3v) is 2.16. The molecule has 0 heterocycles. The summed E-state index contributed by atoms with van der Waals surface area (Å²) in [5.41, 5.74) is -0.150. The summed E-state index contributed by atoms with van der Waals surface area (Å²) in [5.74, 6) is 0. The predicted molar refractivity (Wildman–Crippen MR) is 42.9 cm³/mol. The lowest BCUT2D eigenvalue weighted by Gasteiger charge is -2.34. The average Bonchev–Trinajstić information content (AvgIpc) is 1.95. The summed E-state index contributed by atoms with van der Waals surface area (Å²) in [6.07, 6.45) is 4.88. The van der Waals surface area contributed by atoms with Crippen molar-refractivity contribution in [2.75, 3.05) is 13.2 Å². The van der Waals surface area contributed by atoms with E-state index in [1.165, 1.54) is 6.42 Å². The highest BCUT2D eigenvalue weighted by atomic mass is 16.5. The summed E-state index contributed by atoms with van der Waals surface area (Å²) in [6, 6.07) is 2.31. The molecule has 1 fully saturated rings. The van der Waals surface area contributed by atoms with Crippen LogP contribution in [0, 0.1) is 16.7 Å². The van der Waals surface area contributed by atoms with E-state index in [2.05, 4.69) is 12.6 Å². The van der Waals surface area contributed by atoms with Crippen LogP contribution in [0.5, 0.6) is 0 Å². The van der Waals surface area contributed by atoms with Crippen LogP contribution in [0.2, 0.25) is 0 Å². The van der Waals surface area contributed by atoms with Gasteiger partial charge in [0.05, 0.1) is 24.7 Å². The molecule has 0 aromatic carbocycles. The van der Waals surface area contributed by atoms with Crippen molar-refractivity contribution < 1.29 is 4.74 Å². The fourth-order valence-electron chi connectivity index (χ4n) is 1.23. The van der Waals surface area contributed by atoms with Crippen LogP contribution in [0.25, 0.3) is 0 Å². The Morgan fingerprint density at radius 1 is 1.64 bits per heavy atom. The molecule has 1 aliphatic rings. The van der Waals surface area contributed by atoms with Gasteiger partial charge in [-0.3, -0.25) is 0 Å². The van der Waals surface area contributed by atoms with Crippen molar-refractivity contribution in [1.29, 1.82) is 5.26 Å². The zero-order valence-electron chi connectivity index (χ0n) is 6.68. The Morgan fingerprint density at radius 3 is 2.73 bits per heavy atom. The highest BCUT2D eigenvalue weighted by molar-refractivity contribution is 5.04.